The van der Waals surface area contributed by atoms with Crippen LogP contribution in [0.1, 0.15) is 19.8 Å². The Kier molecular flexibility index (Phi) is 7.45. The van der Waals surface area contributed by atoms with Crippen LogP contribution in [-0.4, -0.2) is 31.3 Å². The fourth-order valence-electron chi connectivity index (χ4n) is 2.17. The molecule has 21 heavy (non-hydrogen) atoms. The monoisotopic (exact) mass is 378 g/mol. The number of nitrogens with one attached hydrogen (secondary N) is 1. The van der Waals surface area contributed by atoms with E-state index in [0.29, 0.717) is 31.0 Å². The predicted molar refractivity (Wildman–Crippen MR) is 88.1 cm³/mol. The number of nitrogens with two attached hydrogens (primary N) is 1. The molecular weight excluding hydrogens is 360 g/mol. The van der Waals surface area contributed by atoms with Crippen LogP contribution in [0.5, 0.6) is 5.75 Å². The number of carbonyl (C=O) groups is 1. The maximum Gasteiger partial charge on any atom is 0.253 e. The van der Waals surface area contributed by atoms with E-state index in [0.717, 1.165) is 10.9 Å². The molecule has 3 N–H and O–H groups in total. The van der Waals surface area contributed by atoms with Gasteiger partial charge >= 0.3 is 0 Å². The van der Waals surface area contributed by atoms with E-state index in [-0.39, 0.29) is 24.4 Å². The summed E-state index contributed by atoms with van der Waals surface area (Å²) in [5.41, 5.74) is 6.19. The highest BCUT2D eigenvalue weighted by Gasteiger charge is 2.30. The Morgan fingerprint density at radius 2 is 2.29 bits per heavy atom. The number of halogens is 2. The summed E-state index contributed by atoms with van der Waals surface area (Å²) in [7, 11) is 0. The largest absolute Gasteiger partial charge is 0.492 e. The zero-order valence-corrected chi connectivity index (χ0v) is 14.2. The maximum atomic E-state index is 12.2. The van der Waals surface area contributed by atoms with Crippen LogP contribution >= 0.6 is 28.3 Å². The predicted octanol–water partition coefficient (Wildman–Crippen LogP) is 2.71. The van der Waals surface area contributed by atoms with Crippen LogP contribution in [0.3, 0.4) is 0 Å². The number of ether oxygens (including phenoxy) is 2. The molecule has 118 valence electrons. The average molecular weight is 380 g/mol. The van der Waals surface area contributed by atoms with Crippen LogP contribution in [0.4, 0.5) is 5.69 Å². The van der Waals surface area contributed by atoms with Crippen molar-refractivity contribution in [1.82, 2.24) is 0 Å². The summed E-state index contributed by atoms with van der Waals surface area (Å²) in [6, 6.07) is 5.51. The van der Waals surface area contributed by atoms with Crippen LogP contribution in [0.25, 0.3) is 0 Å². The highest BCUT2D eigenvalue weighted by Crippen LogP contribution is 2.29. The van der Waals surface area contributed by atoms with Crippen molar-refractivity contribution < 1.29 is 14.3 Å². The molecule has 1 aliphatic heterocycles. The van der Waals surface area contributed by atoms with Crippen molar-refractivity contribution >= 4 is 39.9 Å². The topological polar surface area (TPSA) is 73.6 Å². The molecule has 0 bridgehead atoms. The summed E-state index contributed by atoms with van der Waals surface area (Å²) >= 11 is 3.39. The van der Waals surface area contributed by atoms with E-state index < -0.39 is 6.10 Å². The molecule has 2 rings (SSSR count). The molecule has 7 heteroatoms. The Hall–Kier alpha value is -0.820. The first-order chi connectivity index (χ1) is 9.63. The lowest BCUT2D eigenvalue weighted by Crippen LogP contribution is -2.30. The minimum atomic E-state index is -0.433. The van der Waals surface area contributed by atoms with Crippen molar-refractivity contribution in [2.24, 2.45) is 5.73 Å². The fourth-order valence-corrected chi connectivity index (χ4v) is 2.53. The highest BCUT2D eigenvalue weighted by atomic mass is 79.9. The van der Waals surface area contributed by atoms with Crippen LogP contribution in [0.15, 0.2) is 22.7 Å². The van der Waals surface area contributed by atoms with Gasteiger partial charge in [-0.1, -0.05) is 15.9 Å². The molecule has 1 heterocycles. The summed E-state index contributed by atoms with van der Waals surface area (Å²) < 4.78 is 12.0. The molecule has 1 saturated heterocycles. The van der Waals surface area contributed by atoms with Gasteiger partial charge in [0.1, 0.15) is 11.9 Å². The molecule has 0 aliphatic carbocycles. The molecule has 2 atom stereocenters. The fraction of sp³-hybridized carbons (Fsp3) is 0.500. The molecule has 0 radical (unpaired) electrons. The third kappa shape index (κ3) is 4.85. The first-order valence-electron chi connectivity index (χ1n) is 6.72. The summed E-state index contributed by atoms with van der Waals surface area (Å²) in [6.07, 6.45) is 1.08. The Morgan fingerprint density at radius 3 is 2.90 bits per heavy atom. The minimum absolute atomic E-state index is 0. The molecule has 1 fully saturated rings. The molecule has 5 nitrogen and oxygen atoms in total. The van der Waals surface area contributed by atoms with Gasteiger partial charge in [0, 0.05) is 11.0 Å². The summed E-state index contributed by atoms with van der Waals surface area (Å²) in [5, 5.41) is 2.86. The Balaban J connectivity index is 0.00000220. The summed E-state index contributed by atoms with van der Waals surface area (Å²) in [4.78, 5) is 12.2. The second kappa shape index (κ2) is 8.58. The van der Waals surface area contributed by atoms with Crippen LogP contribution in [0, 0.1) is 0 Å². The van der Waals surface area contributed by atoms with E-state index in [1.54, 1.807) is 0 Å². The van der Waals surface area contributed by atoms with Gasteiger partial charge in [-0.25, -0.2) is 0 Å². The van der Waals surface area contributed by atoms with Gasteiger partial charge in [0.25, 0.3) is 5.91 Å². The van der Waals surface area contributed by atoms with Crippen molar-refractivity contribution in [2.45, 2.75) is 32.0 Å². The molecule has 0 aromatic heterocycles. The number of amides is 1. The van der Waals surface area contributed by atoms with E-state index >= 15 is 0 Å². The number of carbonyl (C=O) groups excluding carboxylic acids is 1. The lowest BCUT2D eigenvalue weighted by atomic mass is 10.2. The van der Waals surface area contributed by atoms with Gasteiger partial charge in [-0.05, 0) is 38.0 Å². The van der Waals surface area contributed by atoms with Crippen LogP contribution in [-0.2, 0) is 9.53 Å². The van der Waals surface area contributed by atoms with E-state index in [1.165, 1.54) is 0 Å². The normalized spacial score (nSPS) is 20.7. The number of benzene rings is 1. The molecule has 0 saturated carbocycles. The summed E-state index contributed by atoms with van der Waals surface area (Å²) in [6.45, 7) is 2.89. The van der Waals surface area contributed by atoms with Gasteiger partial charge in [0.15, 0.2) is 0 Å². The molecule has 0 spiro atoms. The zero-order chi connectivity index (χ0) is 14.5. The Morgan fingerprint density at radius 1 is 1.52 bits per heavy atom. The Bertz CT molecular complexity index is 487. The maximum absolute atomic E-state index is 12.2. The van der Waals surface area contributed by atoms with Gasteiger partial charge in [0.05, 0.1) is 18.4 Å². The molecule has 1 aliphatic rings. The van der Waals surface area contributed by atoms with Crippen molar-refractivity contribution in [1.29, 1.82) is 0 Å². The molecule has 1 aromatic carbocycles. The number of rotatable bonds is 5. The van der Waals surface area contributed by atoms with E-state index in [9.17, 15) is 4.79 Å². The number of anilines is 1. The third-order valence-corrected chi connectivity index (χ3v) is 3.66. The number of hydrogen-bond acceptors (Lipinski definition) is 4. The third-order valence-electron chi connectivity index (χ3n) is 3.16. The lowest BCUT2D eigenvalue weighted by molar-refractivity contribution is -0.126. The van der Waals surface area contributed by atoms with Gasteiger partial charge < -0.3 is 20.5 Å². The van der Waals surface area contributed by atoms with E-state index in [2.05, 4.69) is 21.2 Å². The quantitative estimate of drug-likeness (QED) is 0.825. The van der Waals surface area contributed by atoms with E-state index in [1.807, 2.05) is 25.1 Å². The SMILES string of the molecule is CCOc1ccc(Br)cc1NC(=O)[C@@H]1CC[C@H](CN)O1.Cl. The van der Waals surface area contributed by atoms with Gasteiger partial charge in [-0.15, -0.1) is 12.4 Å². The first-order valence-corrected chi connectivity index (χ1v) is 7.52. The van der Waals surface area contributed by atoms with Gasteiger partial charge in [-0.3, -0.25) is 4.79 Å². The van der Waals surface area contributed by atoms with Crippen LogP contribution in [0.2, 0.25) is 0 Å². The lowest BCUT2D eigenvalue weighted by Gasteiger charge is -2.15. The standard InChI is InChI=1S/C14H19BrN2O3.ClH/c1-2-19-12-5-3-9(15)7-11(12)17-14(18)13-6-4-10(8-16)20-13;/h3,5,7,10,13H,2,4,6,8,16H2,1H3,(H,17,18);1H/t10-,13+;/m1./s1. The summed E-state index contributed by atoms with van der Waals surface area (Å²) in [5.74, 6) is 0.498. The van der Waals surface area contributed by atoms with Crippen molar-refractivity contribution in [2.75, 3.05) is 18.5 Å². The van der Waals surface area contributed by atoms with E-state index in [4.69, 9.17) is 15.2 Å². The van der Waals surface area contributed by atoms with Crippen molar-refractivity contribution in [3.8, 4) is 5.75 Å². The average Bonchev–Trinajstić information content (AvgIpc) is 2.91. The smallest absolute Gasteiger partial charge is 0.253 e. The van der Waals surface area contributed by atoms with Crippen molar-refractivity contribution in [3.63, 3.8) is 0 Å². The highest BCUT2D eigenvalue weighted by molar-refractivity contribution is 9.10. The molecular formula is C14H20BrClN2O3. The molecule has 0 unspecified atom stereocenters. The van der Waals surface area contributed by atoms with Crippen LogP contribution < -0.4 is 15.8 Å². The second-order valence-electron chi connectivity index (χ2n) is 4.62. The number of hydrogen-bond donors (Lipinski definition) is 2. The van der Waals surface area contributed by atoms with Crippen molar-refractivity contribution in [3.05, 3.63) is 22.7 Å². The Labute approximate surface area is 139 Å². The first kappa shape index (κ1) is 18.2. The molecule has 1 amide bonds. The van der Waals surface area contributed by atoms with Gasteiger partial charge in [-0.2, -0.15) is 0 Å². The zero-order valence-electron chi connectivity index (χ0n) is 11.8. The minimum Gasteiger partial charge on any atom is -0.492 e. The molecule has 1 aromatic rings. The second-order valence-corrected chi connectivity index (χ2v) is 5.54. The van der Waals surface area contributed by atoms with Gasteiger partial charge in [0.2, 0.25) is 0 Å².